The SMILES string of the molecule is C=C(Br)CSC1COC1. The summed E-state index contributed by atoms with van der Waals surface area (Å²) in [4.78, 5) is 0. The normalized spacial score (nSPS) is 19.2. The Morgan fingerprint density at radius 2 is 2.44 bits per heavy atom. The highest BCUT2D eigenvalue weighted by molar-refractivity contribution is 9.11. The van der Waals surface area contributed by atoms with Crippen LogP contribution in [0.25, 0.3) is 0 Å². The molecule has 0 atom stereocenters. The van der Waals surface area contributed by atoms with Gasteiger partial charge < -0.3 is 4.74 Å². The fraction of sp³-hybridized carbons (Fsp3) is 0.667. The molecule has 1 aliphatic rings. The molecule has 1 nitrogen and oxygen atoms in total. The van der Waals surface area contributed by atoms with Gasteiger partial charge in [-0.2, -0.15) is 0 Å². The van der Waals surface area contributed by atoms with Crippen molar-refractivity contribution in [1.29, 1.82) is 0 Å². The van der Waals surface area contributed by atoms with Crippen molar-refractivity contribution in [2.45, 2.75) is 5.25 Å². The third-order valence-electron chi connectivity index (χ3n) is 1.08. The van der Waals surface area contributed by atoms with Gasteiger partial charge in [0.15, 0.2) is 0 Å². The van der Waals surface area contributed by atoms with Crippen molar-refractivity contribution < 1.29 is 4.74 Å². The Bertz CT molecular complexity index is 112. The summed E-state index contributed by atoms with van der Waals surface area (Å²) < 4.78 is 6.07. The molecule has 1 saturated heterocycles. The molecule has 9 heavy (non-hydrogen) atoms. The molecule has 0 radical (unpaired) electrons. The zero-order chi connectivity index (χ0) is 6.69. The maximum atomic E-state index is 5.00. The summed E-state index contributed by atoms with van der Waals surface area (Å²) in [5.41, 5.74) is 0. The molecule has 1 aliphatic heterocycles. The molecule has 1 heterocycles. The lowest BCUT2D eigenvalue weighted by Gasteiger charge is -2.24. The fourth-order valence-corrected chi connectivity index (χ4v) is 1.72. The summed E-state index contributed by atoms with van der Waals surface area (Å²) >= 11 is 5.20. The van der Waals surface area contributed by atoms with Crippen LogP contribution in [0.15, 0.2) is 11.1 Å². The molecule has 0 amide bonds. The first-order valence-corrected chi connectivity index (χ1v) is 4.66. The molecule has 0 aromatic carbocycles. The smallest absolute Gasteiger partial charge is 0.0608 e. The summed E-state index contributed by atoms with van der Waals surface area (Å²) in [6.45, 7) is 5.58. The second-order valence-corrected chi connectivity index (χ2v) is 4.40. The second-order valence-electron chi connectivity index (χ2n) is 1.99. The van der Waals surface area contributed by atoms with Gasteiger partial charge in [-0.25, -0.2) is 0 Å². The van der Waals surface area contributed by atoms with E-state index in [1.165, 1.54) is 0 Å². The molecule has 52 valence electrons. The van der Waals surface area contributed by atoms with Crippen LogP contribution in [-0.2, 0) is 4.74 Å². The zero-order valence-electron chi connectivity index (χ0n) is 5.10. The molecular weight excluding hydrogens is 200 g/mol. The molecular formula is C6H9BrOS. The summed E-state index contributed by atoms with van der Waals surface area (Å²) in [5.74, 6) is 1.01. The van der Waals surface area contributed by atoms with Gasteiger partial charge in [0.1, 0.15) is 0 Å². The van der Waals surface area contributed by atoms with Gasteiger partial charge >= 0.3 is 0 Å². The van der Waals surface area contributed by atoms with E-state index in [1.54, 1.807) is 0 Å². The molecule has 0 aromatic heterocycles. The summed E-state index contributed by atoms with van der Waals surface area (Å²) in [6.07, 6.45) is 0. The zero-order valence-corrected chi connectivity index (χ0v) is 7.50. The first kappa shape index (κ1) is 7.63. The molecule has 0 unspecified atom stereocenters. The van der Waals surface area contributed by atoms with E-state index in [4.69, 9.17) is 4.74 Å². The first-order chi connectivity index (χ1) is 4.29. The van der Waals surface area contributed by atoms with Crippen LogP contribution in [0.2, 0.25) is 0 Å². The predicted molar refractivity (Wildman–Crippen MR) is 45.1 cm³/mol. The number of thioether (sulfide) groups is 1. The fourth-order valence-electron chi connectivity index (χ4n) is 0.519. The third kappa shape index (κ3) is 2.74. The Kier molecular flexibility index (Phi) is 3.09. The molecule has 1 fully saturated rings. The lowest BCUT2D eigenvalue weighted by molar-refractivity contribution is 0.0456. The van der Waals surface area contributed by atoms with Crippen molar-refractivity contribution in [3.63, 3.8) is 0 Å². The standard InChI is InChI=1S/C6H9BrOS/c1-5(7)4-9-6-2-8-3-6/h6H,1-4H2. The van der Waals surface area contributed by atoms with E-state index < -0.39 is 0 Å². The maximum absolute atomic E-state index is 5.00. The average Bonchev–Trinajstić information content (AvgIpc) is 1.60. The van der Waals surface area contributed by atoms with Crippen molar-refractivity contribution in [3.8, 4) is 0 Å². The molecule has 0 bridgehead atoms. The minimum absolute atomic E-state index is 0.722. The Balaban J connectivity index is 1.97. The number of ether oxygens (including phenoxy) is 1. The Labute approximate surface area is 68.0 Å². The monoisotopic (exact) mass is 208 g/mol. The lowest BCUT2D eigenvalue weighted by atomic mass is 10.4. The van der Waals surface area contributed by atoms with E-state index in [1.807, 2.05) is 11.8 Å². The van der Waals surface area contributed by atoms with E-state index in [9.17, 15) is 0 Å². The summed E-state index contributed by atoms with van der Waals surface area (Å²) in [7, 11) is 0. The number of hydrogen-bond acceptors (Lipinski definition) is 2. The van der Waals surface area contributed by atoms with Crippen LogP contribution >= 0.6 is 27.7 Å². The predicted octanol–water partition coefficient (Wildman–Crippen LogP) is 2.03. The van der Waals surface area contributed by atoms with Crippen LogP contribution in [-0.4, -0.2) is 24.2 Å². The largest absolute Gasteiger partial charge is 0.379 e. The van der Waals surface area contributed by atoms with E-state index in [-0.39, 0.29) is 0 Å². The minimum atomic E-state index is 0.722. The topological polar surface area (TPSA) is 9.23 Å². The van der Waals surface area contributed by atoms with Crippen molar-refractivity contribution >= 4 is 27.7 Å². The molecule has 0 N–H and O–H groups in total. The van der Waals surface area contributed by atoms with Crippen LogP contribution in [0, 0.1) is 0 Å². The first-order valence-electron chi connectivity index (χ1n) is 2.81. The highest BCUT2D eigenvalue weighted by atomic mass is 79.9. The Morgan fingerprint density at radius 1 is 1.78 bits per heavy atom. The van der Waals surface area contributed by atoms with E-state index >= 15 is 0 Å². The van der Waals surface area contributed by atoms with Gasteiger partial charge in [-0.15, -0.1) is 11.8 Å². The van der Waals surface area contributed by atoms with Gasteiger partial charge in [0.05, 0.1) is 18.5 Å². The Morgan fingerprint density at radius 3 is 2.78 bits per heavy atom. The number of hydrogen-bond donors (Lipinski definition) is 0. The molecule has 0 aliphatic carbocycles. The molecule has 0 spiro atoms. The van der Waals surface area contributed by atoms with E-state index in [2.05, 4.69) is 22.5 Å². The summed E-state index contributed by atoms with van der Waals surface area (Å²) in [6, 6.07) is 0. The van der Waals surface area contributed by atoms with Gasteiger partial charge in [0.2, 0.25) is 0 Å². The van der Waals surface area contributed by atoms with E-state index in [0.717, 1.165) is 28.7 Å². The quantitative estimate of drug-likeness (QED) is 0.703. The van der Waals surface area contributed by atoms with Crippen LogP contribution in [0.4, 0.5) is 0 Å². The molecule has 1 rings (SSSR count). The number of halogens is 1. The van der Waals surface area contributed by atoms with Gasteiger partial charge in [0.25, 0.3) is 0 Å². The van der Waals surface area contributed by atoms with Gasteiger partial charge in [-0.1, -0.05) is 22.5 Å². The van der Waals surface area contributed by atoms with Gasteiger partial charge in [0, 0.05) is 5.75 Å². The third-order valence-corrected chi connectivity index (χ3v) is 2.99. The van der Waals surface area contributed by atoms with Crippen LogP contribution in [0.3, 0.4) is 0 Å². The van der Waals surface area contributed by atoms with Gasteiger partial charge in [-0.05, 0) is 4.48 Å². The highest BCUT2D eigenvalue weighted by Gasteiger charge is 2.17. The van der Waals surface area contributed by atoms with Crippen LogP contribution in [0.1, 0.15) is 0 Å². The Hall–Kier alpha value is 0.530. The average molecular weight is 209 g/mol. The summed E-state index contributed by atoms with van der Waals surface area (Å²) in [5, 5.41) is 0.722. The second kappa shape index (κ2) is 3.64. The molecule has 0 aromatic rings. The van der Waals surface area contributed by atoms with Crippen molar-refractivity contribution in [2.75, 3.05) is 19.0 Å². The van der Waals surface area contributed by atoms with E-state index in [0.29, 0.717) is 0 Å². The van der Waals surface area contributed by atoms with Crippen LogP contribution < -0.4 is 0 Å². The van der Waals surface area contributed by atoms with Crippen molar-refractivity contribution in [1.82, 2.24) is 0 Å². The maximum Gasteiger partial charge on any atom is 0.0608 e. The van der Waals surface area contributed by atoms with Crippen molar-refractivity contribution in [2.24, 2.45) is 0 Å². The van der Waals surface area contributed by atoms with Crippen LogP contribution in [0.5, 0.6) is 0 Å². The molecule has 0 saturated carbocycles. The number of rotatable bonds is 3. The highest BCUT2D eigenvalue weighted by Crippen LogP contribution is 2.22. The molecule has 3 heteroatoms. The lowest BCUT2D eigenvalue weighted by Crippen LogP contribution is -2.30. The minimum Gasteiger partial charge on any atom is -0.379 e. The van der Waals surface area contributed by atoms with Gasteiger partial charge in [-0.3, -0.25) is 0 Å². The van der Waals surface area contributed by atoms with Crippen molar-refractivity contribution in [3.05, 3.63) is 11.1 Å².